The summed E-state index contributed by atoms with van der Waals surface area (Å²) >= 11 is 1.53. The Balaban J connectivity index is 3.09. The second-order valence-electron chi connectivity index (χ2n) is 3.13. The summed E-state index contributed by atoms with van der Waals surface area (Å²) in [6, 6.07) is 1.98. The van der Waals surface area contributed by atoms with Crippen LogP contribution in [0.15, 0.2) is 5.16 Å². The van der Waals surface area contributed by atoms with Gasteiger partial charge in [0.25, 0.3) is 0 Å². The Morgan fingerprint density at radius 3 is 2.50 bits per heavy atom. The fourth-order valence-corrected chi connectivity index (χ4v) is 1.73. The molecule has 0 aliphatic heterocycles. The van der Waals surface area contributed by atoms with Crippen LogP contribution in [0.3, 0.4) is 0 Å². The van der Waals surface area contributed by atoms with E-state index < -0.39 is 0 Å². The van der Waals surface area contributed by atoms with Gasteiger partial charge in [-0.05, 0) is 6.92 Å². The molecule has 5 heteroatoms. The maximum atomic E-state index is 8.76. The average Bonchev–Trinajstić information content (AvgIpc) is 2.01. The molecule has 0 aromatic carbocycles. The van der Waals surface area contributed by atoms with Gasteiger partial charge in [0.2, 0.25) is 0 Å². The van der Waals surface area contributed by atoms with E-state index >= 15 is 0 Å². The lowest BCUT2D eigenvalue weighted by atomic mass is 10.2. The van der Waals surface area contributed by atoms with Crippen LogP contribution in [-0.4, -0.2) is 15.2 Å². The van der Waals surface area contributed by atoms with Gasteiger partial charge >= 0.3 is 0 Å². The van der Waals surface area contributed by atoms with Crippen molar-refractivity contribution in [3.63, 3.8) is 0 Å². The smallest absolute Gasteiger partial charge is 0.190 e. The number of thioether (sulfide) groups is 1. The largest absolute Gasteiger partial charge is 0.382 e. The predicted molar refractivity (Wildman–Crippen MR) is 56.9 cm³/mol. The molecule has 74 valence electrons. The summed E-state index contributed by atoms with van der Waals surface area (Å²) < 4.78 is 0. The minimum atomic E-state index is 0.267. The number of nitriles is 1. The van der Waals surface area contributed by atoms with Gasteiger partial charge < -0.3 is 5.73 Å². The van der Waals surface area contributed by atoms with Gasteiger partial charge in [0.05, 0.1) is 5.69 Å². The standard InChI is InChI=1S/C9H12N4S/c1-5(2)14-9-12-6(3)7(4-10)8(11)13-9/h5H,1-3H3,(H2,11,12,13). The van der Waals surface area contributed by atoms with Crippen LogP contribution in [0.4, 0.5) is 5.82 Å². The SMILES string of the molecule is Cc1nc(SC(C)C)nc(N)c1C#N. The van der Waals surface area contributed by atoms with Crippen molar-refractivity contribution >= 4 is 17.6 Å². The first kappa shape index (κ1) is 10.8. The minimum absolute atomic E-state index is 0.267. The lowest BCUT2D eigenvalue weighted by molar-refractivity contribution is 0.924. The van der Waals surface area contributed by atoms with Crippen LogP contribution >= 0.6 is 11.8 Å². The molecule has 0 saturated carbocycles. The number of anilines is 1. The van der Waals surface area contributed by atoms with E-state index in [1.807, 2.05) is 6.07 Å². The Bertz CT molecular complexity index is 358. The highest BCUT2D eigenvalue weighted by Crippen LogP contribution is 2.22. The Morgan fingerprint density at radius 1 is 1.43 bits per heavy atom. The summed E-state index contributed by atoms with van der Waals surface area (Å²) in [4.78, 5) is 8.25. The number of hydrogen-bond acceptors (Lipinski definition) is 5. The first-order valence-corrected chi connectivity index (χ1v) is 5.13. The van der Waals surface area contributed by atoms with Gasteiger partial charge in [0.1, 0.15) is 17.5 Å². The maximum absolute atomic E-state index is 8.76. The molecule has 1 heterocycles. The zero-order valence-electron chi connectivity index (χ0n) is 8.40. The molecular weight excluding hydrogens is 196 g/mol. The van der Waals surface area contributed by atoms with Crippen molar-refractivity contribution in [3.8, 4) is 6.07 Å². The van der Waals surface area contributed by atoms with E-state index in [0.29, 0.717) is 21.7 Å². The van der Waals surface area contributed by atoms with Crippen LogP contribution in [0.5, 0.6) is 0 Å². The fourth-order valence-electron chi connectivity index (χ4n) is 0.970. The minimum Gasteiger partial charge on any atom is -0.382 e. The van der Waals surface area contributed by atoms with Gasteiger partial charge in [-0.3, -0.25) is 0 Å². The number of nitrogens with two attached hydrogens (primary N) is 1. The summed E-state index contributed by atoms with van der Waals surface area (Å²) in [6.07, 6.45) is 0. The van der Waals surface area contributed by atoms with Crippen molar-refractivity contribution in [3.05, 3.63) is 11.3 Å². The van der Waals surface area contributed by atoms with Crippen LogP contribution in [-0.2, 0) is 0 Å². The van der Waals surface area contributed by atoms with E-state index in [0.717, 1.165) is 0 Å². The second kappa shape index (κ2) is 4.29. The summed E-state index contributed by atoms with van der Waals surface area (Å²) in [5.41, 5.74) is 6.64. The van der Waals surface area contributed by atoms with Crippen LogP contribution < -0.4 is 5.73 Å². The first-order chi connectivity index (χ1) is 6.54. The van der Waals surface area contributed by atoms with Gasteiger partial charge in [-0.25, -0.2) is 9.97 Å². The monoisotopic (exact) mass is 208 g/mol. The first-order valence-electron chi connectivity index (χ1n) is 4.25. The summed E-state index contributed by atoms with van der Waals surface area (Å²) in [5, 5.41) is 9.79. The van der Waals surface area contributed by atoms with Gasteiger partial charge in [-0.1, -0.05) is 25.6 Å². The normalized spacial score (nSPS) is 10.2. The zero-order chi connectivity index (χ0) is 10.7. The molecule has 0 spiro atoms. The van der Waals surface area contributed by atoms with Gasteiger partial charge in [-0.2, -0.15) is 5.26 Å². The van der Waals surface area contributed by atoms with Gasteiger partial charge in [0.15, 0.2) is 5.16 Å². The molecule has 1 aromatic heterocycles. The van der Waals surface area contributed by atoms with E-state index in [4.69, 9.17) is 11.0 Å². The maximum Gasteiger partial charge on any atom is 0.190 e. The molecule has 0 unspecified atom stereocenters. The lowest BCUT2D eigenvalue weighted by Gasteiger charge is -2.06. The van der Waals surface area contributed by atoms with Crippen LogP contribution in [0.25, 0.3) is 0 Å². The molecule has 0 aliphatic carbocycles. The second-order valence-corrected chi connectivity index (χ2v) is 4.67. The molecule has 0 aliphatic rings. The molecular formula is C9H12N4S. The zero-order valence-corrected chi connectivity index (χ0v) is 9.22. The van der Waals surface area contributed by atoms with Crippen LogP contribution in [0, 0.1) is 18.3 Å². The number of nitrogen functional groups attached to an aromatic ring is 1. The molecule has 0 fully saturated rings. The third-order valence-corrected chi connectivity index (χ3v) is 2.42. The van der Waals surface area contributed by atoms with Crippen LogP contribution in [0.2, 0.25) is 0 Å². The summed E-state index contributed by atoms with van der Waals surface area (Å²) in [7, 11) is 0. The van der Waals surface area contributed by atoms with Crippen LogP contribution in [0.1, 0.15) is 25.1 Å². The van der Waals surface area contributed by atoms with E-state index in [9.17, 15) is 0 Å². The fraction of sp³-hybridized carbons (Fsp3) is 0.444. The highest BCUT2D eigenvalue weighted by Gasteiger charge is 2.09. The summed E-state index contributed by atoms with van der Waals surface area (Å²) in [6.45, 7) is 5.87. The topological polar surface area (TPSA) is 75.6 Å². The molecule has 0 bridgehead atoms. The highest BCUT2D eigenvalue weighted by atomic mass is 32.2. The number of rotatable bonds is 2. The van der Waals surface area contributed by atoms with Crippen molar-refractivity contribution in [2.45, 2.75) is 31.2 Å². The molecule has 0 radical (unpaired) electrons. The molecule has 14 heavy (non-hydrogen) atoms. The third-order valence-electron chi connectivity index (χ3n) is 1.55. The van der Waals surface area contributed by atoms with Gasteiger partial charge in [0, 0.05) is 5.25 Å². The van der Waals surface area contributed by atoms with Crippen molar-refractivity contribution < 1.29 is 0 Å². The van der Waals surface area contributed by atoms with Gasteiger partial charge in [-0.15, -0.1) is 0 Å². The average molecular weight is 208 g/mol. The van der Waals surface area contributed by atoms with Crippen molar-refractivity contribution in [1.82, 2.24) is 9.97 Å². The molecule has 1 aromatic rings. The number of aryl methyl sites for hydroxylation is 1. The Morgan fingerprint density at radius 2 is 2.07 bits per heavy atom. The van der Waals surface area contributed by atoms with Crippen molar-refractivity contribution in [1.29, 1.82) is 5.26 Å². The molecule has 4 nitrogen and oxygen atoms in total. The number of hydrogen-bond donors (Lipinski definition) is 1. The molecule has 1 rings (SSSR count). The molecule has 0 atom stereocenters. The number of aromatic nitrogens is 2. The van der Waals surface area contributed by atoms with Crippen molar-refractivity contribution in [2.24, 2.45) is 0 Å². The van der Waals surface area contributed by atoms with E-state index in [-0.39, 0.29) is 5.82 Å². The number of nitrogens with zero attached hydrogens (tertiary/aromatic N) is 3. The molecule has 0 amide bonds. The highest BCUT2D eigenvalue weighted by molar-refractivity contribution is 7.99. The van der Waals surface area contributed by atoms with E-state index in [2.05, 4.69) is 23.8 Å². The predicted octanol–water partition coefficient (Wildman–Crippen LogP) is 1.74. The Kier molecular flexibility index (Phi) is 3.31. The Hall–Kier alpha value is -1.28. The quantitative estimate of drug-likeness (QED) is 0.591. The van der Waals surface area contributed by atoms with E-state index in [1.54, 1.807) is 6.92 Å². The van der Waals surface area contributed by atoms with Crippen molar-refractivity contribution in [2.75, 3.05) is 5.73 Å². The van der Waals surface area contributed by atoms with E-state index in [1.165, 1.54) is 11.8 Å². The Labute approximate surface area is 87.6 Å². The molecule has 2 N–H and O–H groups in total. The third kappa shape index (κ3) is 2.36. The summed E-state index contributed by atoms with van der Waals surface area (Å²) in [5.74, 6) is 0.267. The lowest BCUT2D eigenvalue weighted by Crippen LogP contribution is -2.03. The molecule has 0 saturated heterocycles.